The molecule has 0 aromatic heterocycles. The van der Waals surface area contributed by atoms with Crippen molar-refractivity contribution in [3.63, 3.8) is 0 Å². The molecule has 0 saturated heterocycles. The summed E-state index contributed by atoms with van der Waals surface area (Å²) in [5.74, 6) is 1.02. The maximum absolute atomic E-state index is 10.9. The SMILES string of the molecule is CCSc1cccc(C(=O)S)c1. The number of thioether (sulfide) groups is 1. The molecule has 3 heteroatoms. The van der Waals surface area contributed by atoms with Gasteiger partial charge in [-0.25, -0.2) is 0 Å². The lowest BCUT2D eigenvalue weighted by molar-refractivity contribution is 0.109. The summed E-state index contributed by atoms with van der Waals surface area (Å²) in [5.41, 5.74) is 0.664. The van der Waals surface area contributed by atoms with Gasteiger partial charge in [-0.3, -0.25) is 4.79 Å². The lowest BCUT2D eigenvalue weighted by Gasteiger charge is -1.99. The normalized spacial score (nSPS) is 9.83. The fourth-order valence-corrected chi connectivity index (χ4v) is 1.74. The van der Waals surface area contributed by atoms with Gasteiger partial charge in [0.15, 0.2) is 0 Å². The summed E-state index contributed by atoms with van der Waals surface area (Å²) >= 11 is 5.48. The smallest absolute Gasteiger partial charge is 0.216 e. The Kier molecular flexibility index (Phi) is 3.69. The highest BCUT2D eigenvalue weighted by atomic mass is 32.2. The van der Waals surface area contributed by atoms with Crippen LogP contribution in [0.4, 0.5) is 0 Å². The Bertz CT molecular complexity index is 284. The number of thiol groups is 1. The fourth-order valence-electron chi connectivity index (χ4n) is 0.886. The van der Waals surface area contributed by atoms with Gasteiger partial charge in [0, 0.05) is 10.5 Å². The highest BCUT2D eigenvalue weighted by molar-refractivity contribution is 7.99. The Balaban J connectivity index is 2.88. The zero-order chi connectivity index (χ0) is 8.97. The van der Waals surface area contributed by atoms with E-state index in [1.807, 2.05) is 18.2 Å². The average Bonchev–Trinajstić information content (AvgIpc) is 2.05. The Morgan fingerprint density at radius 1 is 1.58 bits per heavy atom. The van der Waals surface area contributed by atoms with E-state index in [1.54, 1.807) is 17.8 Å². The molecule has 0 atom stereocenters. The van der Waals surface area contributed by atoms with Crippen LogP contribution in [0.15, 0.2) is 29.2 Å². The van der Waals surface area contributed by atoms with Crippen LogP contribution in [0.5, 0.6) is 0 Å². The van der Waals surface area contributed by atoms with E-state index in [4.69, 9.17) is 0 Å². The van der Waals surface area contributed by atoms with Crippen LogP contribution in [-0.2, 0) is 0 Å². The zero-order valence-electron chi connectivity index (χ0n) is 6.78. The summed E-state index contributed by atoms with van der Waals surface area (Å²) in [6.45, 7) is 2.08. The molecule has 0 radical (unpaired) electrons. The topological polar surface area (TPSA) is 17.1 Å². The van der Waals surface area contributed by atoms with E-state index in [1.165, 1.54) is 0 Å². The number of rotatable bonds is 3. The molecule has 0 saturated carbocycles. The first-order valence-corrected chi connectivity index (χ1v) is 5.13. The summed E-state index contributed by atoms with van der Waals surface area (Å²) in [6, 6.07) is 7.51. The van der Waals surface area contributed by atoms with Crippen molar-refractivity contribution in [2.24, 2.45) is 0 Å². The van der Waals surface area contributed by atoms with Gasteiger partial charge in [0.25, 0.3) is 0 Å². The molecule has 64 valence electrons. The van der Waals surface area contributed by atoms with E-state index in [-0.39, 0.29) is 5.12 Å². The summed E-state index contributed by atoms with van der Waals surface area (Å²) < 4.78 is 0. The van der Waals surface area contributed by atoms with Crippen LogP contribution >= 0.6 is 24.4 Å². The van der Waals surface area contributed by atoms with Crippen molar-refractivity contribution in [1.29, 1.82) is 0 Å². The fraction of sp³-hybridized carbons (Fsp3) is 0.222. The largest absolute Gasteiger partial charge is 0.282 e. The standard InChI is InChI=1S/C9H10OS2/c1-2-12-8-5-3-4-7(6-8)9(10)11/h3-6H,2H2,1H3,(H,10,11). The summed E-state index contributed by atoms with van der Waals surface area (Å²) in [6.07, 6.45) is 0. The Morgan fingerprint density at radius 3 is 2.92 bits per heavy atom. The molecule has 12 heavy (non-hydrogen) atoms. The van der Waals surface area contributed by atoms with Crippen molar-refractivity contribution in [2.75, 3.05) is 5.75 Å². The van der Waals surface area contributed by atoms with Crippen LogP contribution in [0.3, 0.4) is 0 Å². The number of carbonyl (C=O) groups excluding carboxylic acids is 1. The Labute approximate surface area is 82.0 Å². The maximum Gasteiger partial charge on any atom is 0.216 e. The van der Waals surface area contributed by atoms with E-state index in [2.05, 4.69) is 19.6 Å². The molecule has 0 spiro atoms. The molecular formula is C9H10OS2. The van der Waals surface area contributed by atoms with E-state index in [0.717, 1.165) is 10.6 Å². The van der Waals surface area contributed by atoms with Gasteiger partial charge < -0.3 is 0 Å². The van der Waals surface area contributed by atoms with Crippen molar-refractivity contribution < 1.29 is 4.79 Å². The average molecular weight is 198 g/mol. The van der Waals surface area contributed by atoms with Crippen molar-refractivity contribution in [3.8, 4) is 0 Å². The summed E-state index contributed by atoms with van der Waals surface area (Å²) in [4.78, 5) is 12.0. The Morgan fingerprint density at radius 2 is 2.33 bits per heavy atom. The monoisotopic (exact) mass is 198 g/mol. The second-order valence-corrected chi connectivity index (χ2v) is 4.01. The molecule has 0 bridgehead atoms. The van der Waals surface area contributed by atoms with Crippen molar-refractivity contribution >= 4 is 29.5 Å². The molecule has 0 heterocycles. The van der Waals surface area contributed by atoms with E-state index >= 15 is 0 Å². The predicted molar refractivity (Wildman–Crippen MR) is 56.2 cm³/mol. The summed E-state index contributed by atoms with van der Waals surface area (Å²) in [5, 5.41) is -0.173. The van der Waals surface area contributed by atoms with Crippen molar-refractivity contribution in [2.45, 2.75) is 11.8 Å². The predicted octanol–water partition coefficient (Wildman–Crippen LogP) is 2.87. The number of hydrogen-bond donors (Lipinski definition) is 1. The molecule has 0 unspecified atom stereocenters. The molecule has 0 N–H and O–H groups in total. The minimum Gasteiger partial charge on any atom is -0.282 e. The van der Waals surface area contributed by atoms with Gasteiger partial charge in [0.05, 0.1) is 0 Å². The molecule has 0 amide bonds. The number of hydrogen-bond acceptors (Lipinski definition) is 2. The molecule has 1 rings (SSSR count). The van der Waals surface area contributed by atoms with Gasteiger partial charge in [-0.15, -0.1) is 24.4 Å². The molecule has 1 aromatic rings. The second kappa shape index (κ2) is 4.58. The number of carbonyl (C=O) groups is 1. The van der Waals surface area contributed by atoms with Crippen LogP contribution in [0, 0.1) is 0 Å². The van der Waals surface area contributed by atoms with Crippen LogP contribution in [0.1, 0.15) is 17.3 Å². The minimum absolute atomic E-state index is 0.173. The van der Waals surface area contributed by atoms with E-state index in [0.29, 0.717) is 5.56 Å². The molecule has 1 aromatic carbocycles. The highest BCUT2D eigenvalue weighted by Crippen LogP contribution is 2.19. The first-order chi connectivity index (χ1) is 5.74. The van der Waals surface area contributed by atoms with E-state index < -0.39 is 0 Å². The molecule has 1 nitrogen and oxygen atoms in total. The quantitative estimate of drug-likeness (QED) is 0.594. The third-order valence-electron chi connectivity index (χ3n) is 1.39. The van der Waals surface area contributed by atoms with Gasteiger partial charge in [0.2, 0.25) is 5.12 Å². The molecular weight excluding hydrogens is 188 g/mol. The van der Waals surface area contributed by atoms with Gasteiger partial charge in [0.1, 0.15) is 0 Å². The zero-order valence-corrected chi connectivity index (χ0v) is 8.49. The van der Waals surface area contributed by atoms with Crippen molar-refractivity contribution in [3.05, 3.63) is 29.8 Å². The van der Waals surface area contributed by atoms with Crippen molar-refractivity contribution in [1.82, 2.24) is 0 Å². The van der Waals surface area contributed by atoms with E-state index in [9.17, 15) is 4.79 Å². The van der Waals surface area contributed by atoms with Crippen LogP contribution in [0.2, 0.25) is 0 Å². The van der Waals surface area contributed by atoms with Crippen LogP contribution in [-0.4, -0.2) is 10.9 Å². The molecule has 0 aliphatic heterocycles. The van der Waals surface area contributed by atoms with Gasteiger partial charge in [-0.1, -0.05) is 19.1 Å². The third-order valence-corrected chi connectivity index (χ3v) is 2.53. The molecule has 0 aliphatic rings. The van der Waals surface area contributed by atoms with Gasteiger partial charge in [-0.2, -0.15) is 0 Å². The lowest BCUT2D eigenvalue weighted by atomic mass is 10.2. The minimum atomic E-state index is -0.173. The van der Waals surface area contributed by atoms with Gasteiger partial charge >= 0.3 is 0 Å². The summed E-state index contributed by atoms with van der Waals surface area (Å²) in [7, 11) is 0. The van der Waals surface area contributed by atoms with Crippen LogP contribution < -0.4 is 0 Å². The number of benzene rings is 1. The lowest BCUT2D eigenvalue weighted by Crippen LogP contribution is -1.87. The Hall–Kier alpha value is -0.410. The second-order valence-electron chi connectivity index (χ2n) is 2.27. The first-order valence-electron chi connectivity index (χ1n) is 3.70. The molecule has 0 fully saturated rings. The van der Waals surface area contributed by atoms with Crippen LogP contribution in [0.25, 0.3) is 0 Å². The molecule has 0 aliphatic carbocycles. The first kappa shape index (κ1) is 9.68. The maximum atomic E-state index is 10.9. The third kappa shape index (κ3) is 2.57. The highest BCUT2D eigenvalue weighted by Gasteiger charge is 2.00. The van der Waals surface area contributed by atoms with Gasteiger partial charge in [-0.05, 0) is 17.9 Å².